The second-order valence-corrected chi connectivity index (χ2v) is 2.78. The van der Waals surface area contributed by atoms with Gasteiger partial charge >= 0.3 is 6.09 Å². The predicted molar refractivity (Wildman–Crippen MR) is 42.6 cm³/mol. The Hall–Kier alpha value is -1.04. The van der Waals surface area contributed by atoms with E-state index in [-0.39, 0.29) is 0 Å². The van der Waals surface area contributed by atoms with Crippen LogP contribution in [0, 0.1) is 0 Å². The fourth-order valence-electron chi connectivity index (χ4n) is 0.646. The Labute approximate surface area is 71.1 Å². The minimum Gasteiger partial charge on any atom is -0.465 e. The highest BCUT2D eigenvalue weighted by molar-refractivity contribution is 9.10. The Bertz CT molecular complexity index is 283. The molecule has 0 aliphatic heterocycles. The number of hydrogen-bond acceptors (Lipinski definition) is 2. The van der Waals surface area contributed by atoms with Crippen LogP contribution < -0.4 is 5.32 Å². The van der Waals surface area contributed by atoms with Crippen molar-refractivity contribution in [2.24, 2.45) is 7.05 Å². The molecule has 11 heavy (non-hydrogen) atoms. The molecule has 0 unspecified atom stereocenters. The first-order chi connectivity index (χ1) is 5.09. The zero-order valence-electron chi connectivity index (χ0n) is 5.71. The van der Waals surface area contributed by atoms with Crippen LogP contribution in [0.5, 0.6) is 0 Å². The molecular weight excluding hydrogens is 214 g/mol. The number of anilines is 1. The van der Waals surface area contributed by atoms with Crippen LogP contribution in [-0.4, -0.2) is 21.0 Å². The van der Waals surface area contributed by atoms with E-state index < -0.39 is 6.09 Å². The molecule has 6 heteroatoms. The Kier molecular flexibility index (Phi) is 2.13. The number of halogens is 1. The van der Waals surface area contributed by atoms with Crippen molar-refractivity contribution in [1.29, 1.82) is 0 Å². The van der Waals surface area contributed by atoms with Crippen LogP contribution in [0.1, 0.15) is 0 Å². The number of carbonyl (C=O) groups is 1. The van der Waals surface area contributed by atoms with Gasteiger partial charge in [0, 0.05) is 13.2 Å². The van der Waals surface area contributed by atoms with Gasteiger partial charge in [-0.1, -0.05) is 0 Å². The van der Waals surface area contributed by atoms with E-state index >= 15 is 0 Å². The predicted octanol–water partition coefficient (Wildman–Crippen LogP) is 1.27. The second-order valence-electron chi connectivity index (χ2n) is 1.93. The lowest BCUT2D eigenvalue weighted by Crippen LogP contribution is -2.08. The average molecular weight is 220 g/mol. The van der Waals surface area contributed by atoms with Gasteiger partial charge in [-0.25, -0.2) is 4.79 Å². The smallest absolute Gasteiger partial charge is 0.410 e. The molecule has 1 heterocycles. The molecule has 0 aliphatic carbocycles. The van der Waals surface area contributed by atoms with Crippen LogP contribution in [0.4, 0.5) is 10.6 Å². The van der Waals surface area contributed by atoms with Gasteiger partial charge in [-0.15, -0.1) is 0 Å². The van der Waals surface area contributed by atoms with Gasteiger partial charge < -0.3 is 5.11 Å². The van der Waals surface area contributed by atoms with Crippen molar-refractivity contribution in [3.63, 3.8) is 0 Å². The summed E-state index contributed by atoms with van der Waals surface area (Å²) in [5.41, 5.74) is 0. The number of aromatic nitrogens is 2. The quantitative estimate of drug-likeness (QED) is 0.748. The van der Waals surface area contributed by atoms with E-state index in [0.29, 0.717) is 10.3 Å². The highest BCUT2D eigenvalue weighted by atomic mass is 79.9. The van der Waals surface area contributed by atoms with Crippen molar-refractivity contribution in [2.75, 3.05) is 5.32 Å². The molecule has 0 atom stereocenters. The fourth-order valence-corrected chi connectivity index (χ4v) is 1.12. The number of carboxylic acid groups (broad SMARTS) is 1. The lowest BCUT2D eigenvalue weighted by Gasteiger charge is -1.93. The molecule has 60 valence electrons. The van der Waals surface area contributed by atoms with E-state index in [1.54, 1.807) is 13.2 Å². The summed E-state index contributed by atoms with van der Waals surface area (Å²) in [4.78, 5) is 10.1. The number of aryl methyl sites for hydroxylation is 1. The minimum absolute atomic E-state index is 0.306. The highest BCUT2D eigenvalue weighted by Crippen LogP contribution is 2.18. The largest absolute Gasteiger partial charge is 0.465 e. The number of hydrogen-bond donors (Lipinski definition) is 2. The van der Waals surface area contributed by atoms with Crippen LogP contribution in [-0.2, 0) is 7.05 Å². The molecule has 0 aromatic carbocycles. The van der Waals surface area contributed by atoms with E-state index in [4.69, 9.17) is 5.11 Å². The summed E-state index contributed by atoms with van der Waals surface area (Å²) in [6.45, 7) is 0. The van der Waals surface area contributed by atoms with E-state index in [1.807, 2.05) is 0 Å². The standard InChI is InChI=1S/C5H6BrN3O2/c1-9-2-3(6)4(8-9)7-5(10)11/h2H,1H3,(H,7,8)(H,10,11). The topological polar surface area (TPSA) is 67.2 Å². The molecule has 0 fully saturated rings. The van der Waals surface area contributed by atoms with Crippen molar-refractivity contribution in [1.82, 2.24) is 9.78 Å². The molecule has 0 radical (unpaired) electrons. The van der Waals surface area contributed by atoms with E-state index in [2.05, 4.69) is 26.3 Å². The molecule has 2 N–H and O–H groups in total. The Morgan fingerprint density at radius 1 is 1.91 bits per heavy atom. The van der Waals surface area contributed by atoms with Crippen LogP contribution >= 0.6 is 15.9 Å². The minimum atomic E-state index is -1.12. The normalized spacial score (nSPS) is 9.64. The summed E-state index contributed by atoms with van der Waals surface area (Å²) < 4.78 is 2.14. The summed E-state index contributed by atoms with van der Waals surface area (Å²) in [5, 5.41) is 14.3. The van der Waals surface area contributed by atoms with Crippen LogP contribution in [0.25, 0.3) is 0 Å². The number of amides is 1. The van der Waals surface area contributed by atoms with Crippen molar-refractivity contribution >= 4 is 27.8 Å². The third kappa shape index (κ3) is 1.94. The molecule has 0 aliphatic rings. The maximum Gasteiger partial charge on any atom is 0.410 e. The molecule has 0 spiro atoms. The van der Waals surface area contributed by atoms with E-state index in [0.717, 1.165) is 0 Å². The SMILES string of the molecule is Cn1cc(Br)c(NC(=O)O)n1. The molecule has 1 aromatic rings. The summed E-state index contributed by atoms with van der Waals surface area (Å²) in [6, 6.07) is 0. The van der Waals surface area contributed by atoms with Crippen molar-refractivity contribution in [3.05, 3.63) is 10.7 Å². The molecule has 5 nitrogen and oxygen atoms in total. The molecule has 0 saturated heterocycles. The lowest BCUT2D eigenvalue weighted by atomic mass is 10.6. The van der Waals surface area contributed by atoms with Crippen molar-refractivity contribution in [3.8, 4) is 0 Å². The van der Waals surface area contributed by atoms with Crippen molar-refractivity contribution < 1.29 is 9.90 Å². The zero-order valence-corrected chi connectivity index (χ0v) is 7.29. The maximum absolute atomic E-state index is 10.1. The van der Waals surface area contributed by atoms with Crippen molar-refractivity contribution in [2.45, 2.75) is 0 Å². The Morgan fingerprint density at radius 2 is 2.55 bits per heavy atom. The third-order valence-electron chi connectivity index (χ3n) is 1.01. The second kappa shape index (κ2) is 2.91. The first-order valence-corrected chi connectivity index (χ1v) is 3.58. The van der Waals surface area contributed by atoms with Gasteiger partial charge in [-0.3, -0.25) is 10.00 Å². The average Bonchev–Trinajstić information content (AvgIpc) is 2.09. The lowest BCUT2D eigenvalue weighted by molar-refractivity contribution is 0.209. The molecule has 0 saturated carbocycles. The maximum atomic E-state index is 10.1. The van der Waals surface area contributed by atoms with E-state index in [9.17, 15) is 4.79 Å². The number of nitrogens with zero attached hydrogens (tertiary/aromatic N) is 2. The van der Waals surface area contributed by atoms with E-state index in [1.165, 1.54) is 4.68 Å². The Morgan fingerprint density at radius 3 is 2.91 bits per heavy atom. The first kappa shape index (κ1) is 8.06. The van der Waals surface area contributed by atoms with Crippen LogP contribution in [0.2, 0.25) is 0 Å². The molecule has 0 bridgehead atoms. The van der Waals surface area contributed by atoms with Gasteiger partial charge in [0.1, 0.15) is 0 Å². The third-order valence-corrected chi connectivity index (χ3v) is 1.59. The number of rotatable bonds is 1. The van der Waals surface area contributed by atoms with Gasteiger partial charge in [0.25, 0.3) is 0 Å². The van der Waals surface area contributed by atoms with Gasteiger partial charge in [-0.2, -0.15) is 5.10 Å². The molecule has 1 aromatic heterocycles. The fraction of sp³-hybridized carbons (Fsp3) is 0.200. The molecule has 1 rings (SSSR count). The Balaban J connectivity index is 2.85. The summed E-state index contributed by atoms with van der Waals surface area (Å²) >= 11 is 3.14. The zero-order chi connectivity index (χ0) is 8.43. The summed E-state index contributed by atoms with van der Waals surface area (Å²) in [7, 11) is 1.71. The monoisotopic (exact) mass is 219 g/mol. The summed E-state index contributed by atoms with van der Waals surface area (Å²) in [6.07, 6.45) is 0.537. The van der Waals surface area contributed by atoms with Gasteiger partial charge in [-0.05, 0) is 15.9 Å². The molecule has 1 amide bonds. The molecular formula is C5H6BrN3O2. The van der Waals surface area contributed by atoms with Crippen LogP contribution in [0.15, 0.2) is 10.7 Å². The summed E-state index contributed by atoms with van der Waals surface area (Å²) in [5.74, 6) is 0.306. The first-order valence-electron chi connectivity index (χ1n) is 2.78. The number of nitrogens with one attached hydrogen (secondary N) is 1. The van der Waals surface area contributed by atoms with Gasteiger partial charge in [0.2, 0.25) is 0 Å². The highest BCUT2D eigenvalue weighted by Gasteiger charge is 2.06. The van der Waals surface area contributed by atoms with Crippen LogP contribution in [0.3, 0.4) is 0 Å². The van der Waals surface area contributed by atoms with Gasteiger partial charge in [0.15, 0.2) is 5.82 Å². The van der Waals surface area contributed by atoms with Gasteiger partial charge in [0.05, 0.1) is 4.47 Å².